The van der Waals surface area contributed by atoms with Crippen LogP contribution in [0.15, 0.2) is 24.3 Å². The first kappa shape index (κ1) is 13.9. The fourth-order valence-corrected chi connectivity index (χ4v) is 2.52. The van der Waals surface area contributed by atoms with Crippen molar-refractivity contribution in [3.8, 4) is 5.75 Å². The third kappa shape index (κ3) is 3.96. The van der Waals surface area contributed by atoms with Crippen LogP contribution < -0.4 is 4.74 Å². The molecule has 19 heavy (non-hydrogen) atoms. The third-order valence-corrected chi connectivity index (χ3v) is 3.50. The molecular weight excluding hydrogens is 242 g/mol. The Balaban J connectivity index is 1.91. The average Bonchev–Trinajstić information content (AvgIpc) is 2.42. The molecule has 1 atom stereocenters. The van der Waals surface area contributed by atoms with Crippen molar-refractivity contribution in [1.29, 1.82) is 0 Å². The highest BCUT2D eigenvalue weighted by molar-refractivity contribution is 5.70. The molecule has 1 N–H and O–H groups in total. The van der Waals surface area contributed by atoms with Crippen LogP contribution in [-0.4, -0.2) is 35.7 Å². The molecule has 0 aromatic heterocycles. The number of likely N-dealkylation sites (tertiary alicyclic amines) is 1. The highest BCUT2D eigenvalue weighted by Gasteiger charge is 2.25. The van der Waals surface area contributed by atoms with Crippen LogP contribution in [0.1, 0.15) is 25.3 Å². The van der Waals surface area contributed by atoms with E-state index in [2.05, 4.69) is 17.0 Å². The van der Waals surface area contributed by atoms with E-state index in [9.17, 15) is 4.79 Å². The summed E-state index contributed by atoms with van der Waals surface area (Å²) in [6.07, 6.45) is 1.77. The number of hydrogen-bond donors (Lipinski definition) is 1. The largest absolute Gasteiger partial charge is 0.494 e. The van der Waals surface area contributed by atoms with Gasteiger partial charge in [0.05, 0.1) is 12.5 Å². The first-order valence-electron chi connectivity index (χ1n) is 6.86. The molecule has 1 fully saturated rings. The molecule has 1 heterocycles. The molecule has 1 aliphatic rings. The van der Waals surface area contributed by atoms with Gasteiger partial charge in [-0.05, 0) is 44.0 Å². The molecule has 0 amide bonds. The molecule has 1 saturated heterocycles. The molecule has 4 heteroatoms. The molecule has 1 aliphatic heterocycles. The number of piperidine rings is 1. The van der Waals surface area contributed by atoms with E-state index in [1.807, 2.05) is 19.1 Å². The number of ether oxygens (including phenoxy) is 1. The van der Waals surface area contributed by atoms with Crippen LogP contribution in [0.2, 0.25) is 0 Å². The standard InChI is InChI=1S/C15H21NO3/c1-2-19-14-7-5-12(6-8-14)10-16-9-3-4-13(11-16)15(17)18/h5-8,13H,2-4,9-11H2,1H3,(H,17,18). The molecule has 2 rings (SSSR count). The number of carboxylic acid groups (broad SMARTS) is 1. The van der Waals surface area contributed by atoms with Gasteiger partial charge in [-0.3, -0.25) is 9.69 Å². The van der Waals surface area contributed by atoms with Crippen LogP contribution in [0.4, 0.5) is 0 Å². The predicted octanol–water partition coefficient (Wildman–Crippen LogP) is 2.38. The molecule has 104 valence electrons. The van der Waals surface area contributed by atoms with Crippen LogP contribution in [0.5, 0.6) is 5.75 Å². The van der Waals surface area contributed by atoms with E-state index in [0.717, 1.165) is 31.7 Å². The number of carboxylic acids is 1. The molecule has 0 bridgehead atoms. The van der Waals surface area contributed by atoms with Gasteiger partial charge in [-0.25, -0.2) is 0 Å². The van der Waals surface area contributed by atoms with Crippen LogP contribution in [0, 0.1) is 5.92 Å². The van der Waals surface area contributed by atoms with E-state index in [0.29, 0.717) is 13.2 Å². The van der Waals surface area contributed by atoms with Gasteiger partial charge in [0.15, 0.2) is 0 Å². The predicted molar refractivity (Wildman–Crippen MR) is 73.2 cm³/mol. The summed E-state index contributed by atoms with van der Waals surface area (Å²) >= 11 is 0. The van der Waals surface area contributed by atoms with Crippen LogP contribution >= 0.6 is 0 Å². The van der Waals surface area contributed by atoms with Crippen molar-refractivity contribution < 1.29 is 14.6 Å². The summed E-state index contributed by atoms with van der Waals surface area (Å²) in [7, 11) is 0. The van der Waals surface area contributed by atoms with Crippen LogP contribution in [0.25, 0.3) is 0 Å². The monoisotopic (exact) mass is 263 g/mol. The first-order chi connectivity index (χ1) is 9.19. The summed E-state index contributed by atoms with van der Waals surface area (Å²) in [5, 5.41) is 9.07. The maximum Gasteiger partial charge on any atom is 0.307 e. The summed E-state index contributed by atoms with van der Waals surface area (Å²) in [4.78, 5) is 13.2. The zero-order chi connectivity index (χ0) is 13.7. The Bertz CT molecular complexity index is 416. The minimum Gasteiger partial charge on any atom is -0.494 e. The van der Waals surface area contributed by atoms with Crippen molar-refractivity contribution >= 4 is 5.97 Å². The van der Waals surface area contributed by atoms with Crippen molar-refractivity contribution in [2.75, 3.05) is 19.7 Å². The van der Waals surface area contributed by atoms with Gasteiger partial charge in [-0.2, -0.15) is 0 Å². The van der Waals surface area contributed by atoms with Gasteiger partial charge in [-0.15, -0.1) is 0 Å². The Kier molecular flexibility index (Phi) is 4.80. The second-order valence-corrected chi connectivity index (χ2v) is 4.99. The van der Waals surface area contributed by atoms with Gasteiger partial charge in [0.2, 0.25) is 0 Å². The molecule has 0 aliphatic carbocycles. The molecule has 4 nitrogen and oxygen atoms in total. The Hall–Kier alpha value is -1.55. The SMILES string of the molecule is CCOc1ccc(CN2CCCC(C(=O)O)C2)cc1. The number of nitrogens with zero attached hydrogens (tertiary/aromatic N) is 1. The summed E-state index contributed by atoms with van der Waals surface area (Å²) in [5.74, 6) is 0.00106. The van der Waals surface area contributed by atoms with Crippen molar-refractivity contribution in [1.82, 2.24) is 4.90 Å². The number of benzene rings is 1. The Morgan fingerprint density at radius 1 is 1.42 bits per heavy atom. The lowest BCUT2D eigenvalue weighted by atomic mass is 9.98. The van der Waals surface area contributed by atoms with Gasteiger partial charge < -0.3 is 9.84 Å². The number of carbonyl (C=O) groups is 1. The molecule has 0 spiro atoms. The van der Waals surface area contributed by atoms with E-state index >= 15 is 0 Å². The summed E-state index contributed by atoms with van der Waals surface area (Å²) in [5.41, 5.74) is 1.20. The van der Waals surface area contributed by atoms with E-state index in [1.165, 1.54) is 5.56 Å². The molecule has 0 radical (unpaired) electrons. The molecular formula is C15H21NO3. The third-order valence-electron chi connectivity index (χ3n) is 3.50. The van der Waals surface area contributed by atoms with Gasteiger partial charge >= 0.3 is 5.97 Å². The summed E-state index contributed by atoms with van der Waals surface area (Å²) < 4.78 is 5.41. The van der Waals surface area contributed by atoms with Gasteiger partial charge in [0, 0.05) is 13.1 Å². The van der Waals surface area contributed by atoms with Gasteiger partial charge in [-0.1, -0.05) is 12.1 Å². The highest BCUT2D eigenvalue weighted by Crippen LogP contribution is 2.20. The maximum atomic E-state index is 11.0. The van der Waals surface area contributed by atoms with E-state index in [-0.39, 0.29) is 5.92 Å². The second-order valence-electron chi connectivity index (χ2n) is 4.99. The quantitative estimate of drug-likeness (QED) is 0.886. The van der Waals surface area contributed by atoms with Crippen molar-refractivity contribution in [3.63, 3.8) is 0 Å². The normalized spacial score (nSPS) is 20.2. The fourth-order valence-electron chi connectivity index (χ4n) is 2.52. The zero-order valence-electron chi connectivity index (χ0n) is 11.3. The second kappa shape index (κ2) is 6.57. The molecule has 1 aromatic rings. The van der Waals surface area contributed by atoms with E-state index in [4.69, 9.17) is 9.84 Å². The number of rotatable bonds is 5. The van der Waals surface area contributed by atoms with Crippen LogP contribution in [-0.2, 0) is 11.3 Å². The smallest absolute Gasteiger partial charge is 0.307 e. The van der Waals surface area contributed by atoms with Crippen molar-refractivity contribution in [2.45, 2.75) is 26.3 Å². The van der Waals surface area contributed by atoms with Crippen molar-refractivity contribution in [2.24, 2.45) is 5.92 Å². The lowest BCUT2D eigenvalue weighted by molar-refractivity contribution is -0.143. The lowest BCUT2D eigenvalue weighted by Crippen LogP contribution is -2.38. The topological polar surface area (TPSA) is 49.8 Å². The Morgan fingerprint density at radius 2 is 2.16 bits per heavy atom. The summed E-state index contributed by atoms with van der Waals surface area (Å²) in [6.45, 7) is 5.09. The molecule has 0 saturated carbocycles. The minimum absolute atomic E-state index is 0.212. The Labute approximate surface area is 114 Å². The molecule has 1 aromatic carbocycles. The van der Waals surface area contributed by atoms with Gasteiger partial charge in [0.1, 0.15) is 5.75 Å². The van der Waals surface area contributed by atoms with E-state index in [1.54, 1.807) is 0 Å². The maximum absolute atomic E-state index is 11.0. The lowest BCUT2D eigenvalue weighted by Gasteiger charge is -2.30. The van der Waals surface area contributed by atoms with Crippen molar-refractivity contribution in [3.05, 3.63) is 29.8 Å². The fraction of sp³-hybridized carbons (Fsp3) is 0.533. The zero-order valence-corrected chi connectivity index (χ0v) is 11.3. The van der Waals surface area contributed by atoms with Gasteiger partial charge in [0.25, 0.3) is 0 Å². The summed E-state index contributed by atoms with van der Waals surface area (Å²) in [6, 6.07) is 8.04. The number of hydrogen-bond acceptors (Lipinski definition) is 3. The minimum atomic E-state index is -0.670. The average molecular weight is 263 g/mol. The Morgan fingerprint density at radius 3 is 2.79 bits per heavy atom. The van der Waals surface area contributed by atoms with Crippen LogP contribution in [0.3, 0.4) is 0 Å². The van der Waals surface area contributed by atoms with E-state index < -0.39 is 5.97 Å². The molecule has 1 unspecified atom stereocenters. The first-order valence-corrected chi connectivity index (χ1v) is 6.86. The number of aliphatic carboxylic acids is 1. The highest BCUT2D eigenvalue weighted by atomic mass is 16.5.